The van der Waals surface area contributed by atoms with Gasteiger partial charge in [0.25, 0.3) is 0 Å². The van der Waals surface area contributed by atoms with E-state index in [0.29, 0.717) is 25.1 Å². The molecule has 1 aliphatic heterocycles. The number of anilines is 2. The number of sulfonamides is 1. The van der Waals surface area contributed by atoms with Crippen LogP contribution in [0.5, 0.6) is 5.75 Å². The summed E-state index contributed by atoms with van der Waals surface area (Å²) in [4.78, 5) is 8.63. The lowest BCUT2D eigenvalue weighted by Crippen LogP contribution is -2.31. The van der Waals surface area contributed by atoms with E-state index >= 15 is 0 Å². The Morgan fingerprint density at radius 2 is 2.03 bits per heavy atom. The maximum absolute atomic E-state index is 13.8. The molecule has 0 spiro atoms. The number of hydrogen-bond acceptors (Lipinski definition) is 6. The highest BCUT2D eigenvalue weighted by atomic mass is 32.2. The maximum atomic E-state index is 13.8. The minimum atomic E-state index is -3.96. The number of methoxy groups -OCH3 is 1. The lowest BCUT2D eigenvalue weighted by molar-refractivity contribution is 0.376. The van der Waals surface area contributed by atoms with Gasteiger partial charge in [-0.05, 0) is 61.7 Å². The molecule has 0 amide bonds. The molecule has 1 aromatic carbocycles. The Morgan fingerprint density at radius 3 is 2.74 bits per heavy atom. The molecule has 7 nitrogen and oxygen atoms in total. The summed E-state index contributed by atoms with van der Waals surface area (Å²) in [5.74, 6) is 0.221. The third-order valence-corrected chi connectivity index (χ3v) is 7.25. The van der Waals surface area contributed by atoms with Crippen LogP contribution in [0, 0.1) is 12.7 Å². The first-order valence-corrected chi connectivity index (χ1v) is 11.3. The monoisotopic (exact) mass is 442 g/mol. The lowest BCUT2D eigenvalue weighted by Gasteiger charge is -2.24. The van der Waals surface area contributed by atoms with Crippen molar-refractivity contribution >= 4 is 21.5 Å². The van der Waals surface area contributed by atoms with Gasteiger partial charge in [-0.25, -0.2) is 17.8 Å². The van der Waals surface area contributed by atoms with Gasteiger partial charge < -0.3 is 10.1 Å². The summed E-state index contributed by atoms with van der Waals surface area (Å²) in [6.07, 6.45) is 4.70. The van der Waals surface area contributed by atoms with Gasteiger partial charge in [0.15, 0.2) is 0 Å². The van der Waals surface area contributed by atoms with Crippen molar-refractivity contribution in [3.63, 3.8) is 0 Å². The Hall–Kier alpha value is -3.04. The average Bonchev–Trinajstić information content (AvgIpc) is 3.27. The molecular weight excluding hydrogens is 419 g/mol. The number of hydrogen-bond donors (Lipinski definition) is 1. The van der Waals surface area contributed by atoms with Crippen LogP contribution in [-0.4, -0.2) is 36.3 Å². The topological polar surface area (TPSA) is 84.4 Å². The van der Waals surface area contributed by atoms with E-state index in [2.05, 4.69) is 15.3 Å². The summed E-state index contributed by atoms with van der Waals surface area (Å²) < 4.78 is 47.0. The fourth-order valence-electron chi connectivity index (χ4n) is 3.73. The van der Waals surface area contributed by atoms with Crippen LogP contribution in [0.15, 0.2) is 59.8 Å². The van der Waals surface area contributed by atoms with Crippen molar-refractivity contribution in [2.24, 2.45) is 0 Å². The van der Waals surface area contributed by atoms with Gasteiger partial charge in [0.05, 0.1) is 30.7 Å². The molecule has 0 aliphatic carbocycles. The SMILES string of the molecule is COc1ccc(F)cc1S(=O)(=O)N1CCC[C@H]1c1ccc(Nc2ncccc2C)cn1. The van der Waals surface area contributed by atoms with Crippen LogP contribution < -0.4 is 10.1 Å². The zero-order valence-corrected chi connectivity index (χ0v) is 18.1. The van der Waals surface area contributed by atoms with Gasteiger partial charge in [-0.3, -0.25) is 4.98 Å². The summed E-state index contributed by atoms with van der Waals surface area (Å²) in [5.41, 5.74) is 2.40. The van der Waals surface area contributed by atoms with Crippen LogP contribution in [0.3, 0.4) is 0 Å². The zero-order chi connectivity index (χ0) is 22.0. The Balaban J connectivity index is 1.60. The van der Waals surface area contributed by atoms with Crippen molar-refractivity contribution in [2.45, 2.75) is 30.7 Å². The molecule has 4 rings (SSSR count). The second kappa shape index (κ2) is 8.60. The Kier molecular flexibility index (Phi) is 5.88. The van der Waals surface area contributed by atoms with E-state index < -0.39 is 21.9 Å². The van der Waals surface area contributed by atoms with E-state index in [1.54, 1.807) is 12.4 Å². The Morgan fingerprint density at radius 1 is 1.19 bits per heavy atom. The van der Waals surface area contributed by atoms with Gasteiger partial charge in [-0.15, -0.1) is 0 Å². The summed E-state index contributed by atoms with van der Waals surface area (Å²) in [7, 11) is -2.60. The minimum absolute atomic E-state index is 0.116. The number of rotatable bonds is 6. The minimum Gasteiger partial charge on any atom is -0.495 e. The van der Waals surface area contributed by atoms with Crippen LogP contribution in [0.4, 0.5) is 15.9 Å². The van der Waals surface area contributed by atoms with Gasteiger partial charge in [0.2, 0.25) is 10.0 Å². The fourth-order valence-corrected chi connectivity index (χ4v) is 5.57. The number of aryl methyl sites for hydroxylation is 1. The standard InChI is InChI=1S/C22H23FN4O3S/c1-15-5-3-11-24-22(15)26-17-8-9-18(25-14-17)19-6-4-12-27(19)31(28,29)21-13-16(23)7-10-20(21)30-2/h3,5,7-11,13-14,19H,4,6,12H2,1-2H3,(H,24,26)/t19-/m0/s1. The molecule has 3 aromatic rings. The van der Waals surface area contributed by atoms with Gasteiger partial charge in [-0.1, -0.05) is 6.07 Å². The summed E-state index contributed by atoms with van der Waals surface area (Å²) >= 11 is 0. The molecule has 0 saturated carbocycles. The molecule has 1 saturated heterocycles. The zero-order valence-electron chi connectivity index (χ0n) is 17.2. The predicted octanol–water partition coefficient (Wildman–Crippen LogP) is 4.20. The van der Waals surface area contributed by atoms with Gasteiger partial charge in [0.1, 0.15) is 22.3 Å². The van der Waals surface area contributed by atoms with Gasteiger partial charge in [-0.2, -0.15) is 4.31 Å². The second-order valence-electron chi connectivity index (χ2n) is 7.33. The van der Waals surface area contributed by atoms with Crippen LogP contribution in [0.2, 0.25) is 0 Å². The van der Waals surface area contributed by atoms with E-state index in [-0.39, 0.29) is 10.6 Å². The van der Waals surface area contributed by atoms with E-state index in [1.807, 2.05) is 31.2 Å². The fraction of sp³-hybridized carbons (Fsp3) is 0.273. The van der Waals surface area contributed by atoms with Crippen molar-refractivity contribution < 1.29 is 17.5 Å². The number of pyridine rings is 2. The van der Waals surface area contributed by atoms with Crippen LogP contribution in [-0.2, 0) is 10.0 Å². The van der Waals surface area contributed by atoms with Gasteiger partial charge >= 0.3 is 0 Å². The lowest BCUT2D eigenvalue weighted by atomic mass is 10.1. The molecule has 0 unspecified atom stereocenters. The summed E-state index contributed by atoms with van der Waals surface area (Å²) in [6.45, 7) is 2.29. The van der Waals surface area contributed by atoms with Crippen LogP contribution in [0.1, 0.15) is 30.1 Å². The van der Waals surface area contributed by atoms with E-state index in [1.165, 1.54) is 23.5 Å². The first-order valence-electron chi connectivity index (χ1n) is 9.90. The Bertz CT molecular complexity index is 1190. The molecule has 2 aromatic heterocycles. The van der Waals surface area contributed by atoms with Crippen molar-refractivity contribution in [3.05, 3.63) is 71.9 Å². The highest BCUT2D eigenvalue weighted by molar-refractivity contribution is 7.89. The average molecular weight is 443 g/mol. The number of aromatic nitrogens is 2. The van der Waals surface area contributed by atoms with E-state index in [4.69, 9.17) is 4.74 Å². The first-order chi connectivity index (χ1) is 14.9. The maximum Gasteiger partial charge on any atom is 0.247 e. The first kappa shape index (κ1) is 21.2. The normalized spacial score (nSPS) is 16.9. The van der Waals surface area contributed by atoms with Crippen molar-refractivity contribution in [1.29, 1.82) is 0 Å². The predicted molar refractivity (Wildman–Crippen MR) is 115 cm³/mol. The molecule has 0 radical (unpaired) electrons. The smallest absolute Gasteiger partial charge is 0.247 e. The van der Waals surface area contributed by atoms with Crippen molar-refractivity contribution in [1.82, 2.24) is 14.3 Å². The number of halogens is 1. The molecule has 1 N–H and O–H groups in total. The molecule has 0 bridgehead atoms. The van der Waals surface area contributed by atoms with Crippen LogP contribution >= 0.6 is 0 Å². The Labute approximate surface area is 181 Å². The molecule has 162 valence electrons. The molecular formula is C22H23FN4O3S. The molecule has 1 atom stereocenters. The summed E-state index contributed by atoms with van der Waals surface area (Å²) in [6, 6.07) is 10.6. The van der Waals surface area contributed by atoms with Gasteiger partial charge in [0, 0.05) is 12.7 Å². The van der Waals surface area contributed by atoms with Crippen LogP contribution in [0.25, 0.3) is 0 Å². The number of nitrogens with zero attached hydrogens (tertiary/aromatic N) is 3. The molecule has 9 heteroatoms. The molecule has 1 fully saturated rings. The van der Waals surface area contributed by atoms with E-state index in [9.17, 15) is 12.8 Å². The quantitative estimate of drug-likeness (QED) is 0.616. The third-order valence-electron chi connectivity index (χ3n) is 5.32. The van der Waals surface area contributed by atoms with E-state index in [0.717, 1.165) is 23.1 Å². The largest absolute Gasteiger partial charge is 0.495 e. The second-order valence-corrected chi connectivity index (χ2v) is 9.19. The number of ether oxygens (including phenoxy) is 1. The van der Waals surface area contributed by atoms with Crippen molar-refractivity contribution in [2.75, 3.05) is 19.0 Å². The third kappa shape index (κ3) is 4.24. The molecule has 1 aliphatic rings. The highest BCUT2D eigenvalue weighted by Gasteiger charge is 2.38. The summed E-state index contributed by atoms with van der Waals surface area (Å²) in [5, 5.41) is 3.21. The van der Waals surface area contributed by atoms with Crippen molar-refractivity contribution in [3.8, 4) is 5.75 Å². The highest BCUT2D eigenvalue weighted by Crippen LogP contribution is 2.38. The molecule has 31 heavy (non-hydrogen) atoms. The number of nitrogens with one attached hydrogen (secondary N) is 1. The number of benzene rings is 1. The molecule has 3 heterocycles.